The predicted octanol–water partition coefficient (Wildman–Crippen LogP) is 3.98. The van der Waals surface area contributed by atoms with Crippen molar-refractivity contribution in [1.82, 2.24) is 9.55 Å². The number of benzene rings is 1. The maximum Gasteiger partial charge on any atom is 0.324 e. The number of aryl methyl sites for hydroxylation is 1. The number of fused-ring (bicyclic) bond motifs is 1. The first-order valence-electron chi connectivity index (χ1n) is 5.53. The Morgan fingerprint density at radius 1 is 1.37 bits per heavy atom. The van der Waals surface area contributed by atoms with Crippen LogP contribution in [0.3, 0.4) is 0 Å². The van der Waals surface area contributed by atoms with E-state index in [2.05, 4.69) is 4.98 Å². The molecule has 0 radical (unpaired) electrons. The number of aromatic nitrogens is 2. The first kappa shape index (κ1) is 14.1. The van der Waals surface area contributed by atoms with Gasteiger partial charge in [-0.05, 0) is 18.6 Å². The van der Waals surface area contributed by atoms with Gasteiger partial charge in [0.15, 0.2) is 0 Å². The standard InChI is InChI=1S/C12H11ClF4N2/c1-7-3-2-4-8-10(7)18-9(5-13)19(8)6-12(16,17)11(14)15/h2-4,11H,5-6H2,1H3. The summed E-state index contributed by atoms with van der Waals surface area (Å²) in [6.07, 6.45) is -3.72. The lowest BCUT2D eigenvalue weighted by Crippen LogP contribution is -2.32. The molecule has 0 unspecified atom stereocenters. The van der Waals surface area contributed by atoms with Crippen LogP contribution in [0.5, 0.6) is 0 Å². The number of imidazole rings is 1. The van der Waals surface area contributed by atoms with E-state index >= 15 is 0 Å². The van der Waals surface area contributed by atoms with Crippen LogP contribution in [0.25, 0.3) is 11.0 Å². The number of halogens is 5. The second-order valence-corrected chi connectivity index (χ2v) is 4.52. The Morgan fingerprint density at radius 3 is 2.63 bits per heavy atom. The minimum atomic E-state index is -4.11. The summed E-state index contributed by atoms with van der Waals surface area (Å²) in [7, 11) is 0. The van der Waals surface area contributed by atoms with E-state index in [1.165, 1.54) is 0 Å². The Hall–Kier alpha value is -1.30. The van der Waals surface area contributed by atoms with Crippen molar-refractivity contribution in [3.8, 4) is 0 Å². The molecule has 0 amide bonds. The highest BCUT2D eigenvalue weighted by Gasteiger charge is 2.41. The molecule has 0 aliphatic heterocycles. The Morgan fingerprint density at radius 2 is 2.05 bits per heavy atom. The lowest BCUT2D eigenvalue weighted by Gasteiger charge is -2.17. The molecule has 2 nitrogen and oxygen atoms in total. The largest absolute Gasteiger partial charge is 0.324 e. The maximum atomic E-state index is 13.2. The van der Waals surface area contributed by atoms with E-state index in [4.69, 9.17) is 11.6 Å². The molecule has 0 aliphatic rings. The maximum absolute atomic E-state index is 13.2. The van der Waals surface area contributed by atoms with Gasteiger partial charge in [0.05, 0.1) is 23.5 Å². The molecule has 0 spiro atoms. The SMILES string of the molecule is Cc1cccc2c1nc(CCl)n2CC(F)(F)C(F)F. The lowest BCUT2D eigenvalue weighted by atomic mass is 10.2. The quantitative estimate of drug-likeness (QED) is 0.616. The highest BCUT2D eigenvalue weighted by molar-refractivity contribution is 6.16. The average molecular weight is 295 g/mol. The molecule has 104 valence electrons. The van der Waals surface area contributed by atoms with Gasteiger partial charge in [-0.2, -0.15) is 8.78 Å². The number of hydrogen-bond acceptors (Lipinski definition) is 1. The first-order valence-corrected chi connectivity index (χ1v) is 6.07. The Kier molecular flexibility index (Phi) is 3.71. The molecular weight excluding hydrogens is 284 g/mol. The van der Waals surface area contributed by atoms with Crippen LogP contribution in [0.1, 0.15) is 11.4 Å². The van der Waals surface area contributed by atoms with E-state index in [0.29, 0.717) is 11.0 Å². The van der Waals surface area contributed by atoms with E-state index in [1.54, 1.807) is 25.1 Å². The summed E-state index contributed by atoms with van der Waals surface area (Å²) < 4.78 is 52.1. The topological polar surface area (TPSA) is 17.8 Å². The van der Waals surface area contributed by atoms with E-state index in [9.17, 15) is 17.6 Å². The number of nitrogens with zero attached hydrogens (tertiary/aromatic N) is 2. The lowest BCUT2D eigenvalue weighted by molar-refractivity contribution is -0.137. The Bertz CT molecular complexity index is 595. The Labute approximate surface area is 112 Å². The second kappa shape index (κ2) is 5.00. The summed E-state index contributed by atoms with van der Waals surface area (Å²) in [5.74, 6) is -4.07. The van der Waals surface area contributed by atoms with Crippen LogP contribution in [0.15, 0.2) is 18.2 Å². The van der Waals surface area contributed by atoms with Crippen LogP contribution >= 0.6 is 11.6 Å². The van der Waals surface area contributed by atoms with Crippen molar-refractivity contribution in [2.45, 2.75) is 31.7 Å². The van der Waals surface area contributed by atoms with Gasteiger partial charge in [-0.1, -0.05) is 12.1 Å². The fourth-order valence-corrected chi connectivity index (χ4v) is 2.10. The minimum Gasteiger partial charge on any atom is -0.321 e. The third-order valence-electron chi connectivity index (χ3n) is 2.87. The van der Waals surface area contributed by atoms with Gasteiger partial charge >= 0.3 is 12.3 Å². The van der Waals surface area contributed by atoms with Crippen molar-refractivity contribution in [3.05, 3.63) is 29.6 Å². The molecule has 0 saturated carbocycles. The van der Waals surface area contributed by atoms with Gasteiger partial charge in [-0.3, -0.25) is 0 Å². The summed E-state index contributed by atoms with van der Waals surface area (Å²) in [5, 5.41) is 0. The van der Waals surface area contributed by atoms with Crippen molar-refractivity contribution in [3.63, 3.8) is 0 Å². The number of alkyl halides is 5. The normalized spacial score (nSPS) is 12.6. The fraction of sp³-hybridized carbons (Fsp3) is 0.417. The zero-order valence-corrected chi connectivity index (χ0v) is 10.8. The van der Waals surface area contributed by atoms with E-state index in [0.717, 1.165) is 10.1 Å². The summed E-state index contributed by atoms with van der Waals surface area (Å²) >= 11 is 5.65. The fourth-order valence-electron chi connectivity index (χ4n) is 1.89. The molecule has 7 heteroatoms. The van der Waals surface area contributed by atoms with Crippen LogP contribution in [0.4, 0.5) is 17.6 Å². The second-order valence-electron chi connectivity index (χ2n) is 4.25. The van der Waals surface area contributed by atoms with Crippen LogP contribution < -0.4 is 0 Å². The van der Waals surface area contributed by atoms with E-state index in [1.807, 2.05) is 0 Å². The molecular formula is C12H11ClF4N2. The van der Waals surface area contributed by atoms with E-state index in [-0.39, 0.29) is 11.7 Å². The van der Waals surface area contributed by atoms with Gasteiger partial charge in [0.25, 0.3) is 0 Å². The van der Waals surface area contributed by atoms with Crippen molar-refractivity contribution in [2.24, 2.45) is 0 Å². The van der Waals surface area contributed by atoms with Gasteiger partial charge in [-0.25, -0.2) is 13.8 Å². The molecule has 1 aromatic heterocycles. The first-order chi connectivity index (χ1) is 8.86. The van der Waals surface area contributed by atoms with Gasteiger partial charge in [0.1, 0.15) is 5.82 Å². The van der Waals surface area contributed by atoms with Crippen LogP contribution in [-0.4, -0.2) is 21.9 Å². The highest BCUT2D eigenvalue weighted by atomic mass is 35.5. The summed E-state index contributed by atoms with van der Waals surface area (Å²) in [4.78, 5) is 4.13. The Balaban J connectivity index is 2.56. The molecule has 1 aromatic carbocycles. The van der Waals surface area contributed by atoms with Gasteiger partial charge < -0.3 is 4.57 Å². The van der Waals surface area contributed by atoms with Crippen LogP contribution in [0.2, 0.25) is 0 Å². The molecule has 2 rings (SSSR count). The summed E-state index contributed by atoms with van der Waals surface area (Å²) in [5.41, 5.74) is 1.67. The molecule has 0 bridgehead atoms. The van der Waals surface area contributed by atoms with Crippen LogP contribution in [-0.2, 0) is 12.4 Å². The zero-order valence-electron chi connectivity index (χ0n) is 10.0. The predicted molar refractivity (Wildman–Crippen MR) is 65.0 cm³/mol. The molecule has 19 heavy (non-hydrogen) atoms. The number of rotatable bonds is 4. The summed E-state index contributed by atoms with van der Waals surface area (Å²) in [6, 6.07) is 4.99. The highest BCUT2D eigenvalue weighted by Crippen LogP contribution is 2.29. The van der Waals surface area contributed by atoms with Gasteiger partial charge in [0.2, 0.25) is 0 Å². The van der Waals surface area contributed by atoms with Crippen molar-refractivity contribution in [1.29, 1.82) is 0 Å². The molecule has 0 saturated heterocycles. The summed E-state index contributed by atoms with van der Waals surface area (Å²) in [6.45, 7) is 0.635. The van der Waals surface area contributed by atoms with Crippen molar-refractivity contribution < 1.29 is 17.6 Å². The monoisotopic (exact) mass is 294 g/mol. The third kappa shape index (κ3) is 2.54. The molecule has 2 aromatic rings. The number of para-hydroxylation sites is 1. The van der Waals surface area contributed by atoms with Crippen molar-refractivity contribution in [2.75, 3.05) is 0 Å². The molecule has 0 atom stereocenters. The third-order valence-corrected chi connectivity index (χ3v) is 3.11. The molecule has 0 fully saturated rings. The molecule has 1 heterocycles. The minimum absolute atomic E-state index is 0.118. The molecule has 0 aliphatic carbocycles. The van der Waals surface area contributed by atoms with Gasteiger partial charge in [-0.15, -0.1) is 11.6 Å². The van der Waals surface area contributed by atoms with E-state index < -0.39 is 18.9 Å². The van der Waals surface area contributed by atoms with Gasteiger partial charge in [0, 0.05) is 0 Å². The van der Waals surface area contributed by atoms with Crippen LogP contribution in [0, 0.1) is 6.92 Å². The molecule has 0 N–H and O–H groups in total. The number of hydrogen-bond donors (Lipinski definition) is 0. The smallest absolute Gasteiger partial charge is 0.321 e. The van der Waals surface area contributed by atoms with Crippen molar-refractivity contribution >= 4 is 22.6 Å². The average Bonchev–Trinajstić information content (AvgIpc) is 2.68. The zero-order chi connectivity index (χ0) is 14.2.